The summed E-state index contributed by atoms with van der Waals surface area (Å²) in [6.45, 7) is 7.08. The third kappa shape index (κ3) is 5.16. The van der Waals surface area contributed by atoms with Gasteiger partial charge in [0.05, 0.1) is 26.3 Å². The Kier molecular flexibility index (Phi) is 6.45. The first-order valence-electron chi connectivity index (χ1n) is 9.30. The second-order valence-electron chi connectivity index (χ2n) is 7.09. The van der Waals surface area contributed by atoms with Gasteiger partial charge in [-0.25, -0.2) is 0 Å². The topological polar surface area (TPSA) is 65.1 Å². The molecule has 0 atom stereocenters. The molecule has 7 nitrogen and oxygen atoms in total. The third-order valence-corrected chi connectivity index (χ3v) is 5.28. The van der Waals surface area contributed by atoms with Gasteiger partial charge in [-0.2, -0.15) is 0 Å². The van der Waals surface area contributed by atoms with Gasteiger partial charge in [0.2, 0.25) is 11.8 Å². The number of carbonyl (C=O) groups is 2. The third-order valence-electron chi connectivity index (χ3n) is 5.28. The molecular formula is C17H30N4O3. The van der Waals surface area contributed by atoms with Crippen LogP contribution in [-0.4, -0.2) is 98.1 Å². The lowest BCUT2D eigenvalue weighted by molar-refractivity contribution is -0.135. The molecule has 2 heterocycles. The summed E-state index contributed by atoms with van der Waals surface area (Å²) in [5.41, 5.74) is 0. The Morgan fingerprint density at radius 1 is 0.875 bits per heavy atom. The molecule has 7 heteroatoms. The lowest BCUT2D eigenvalue weighted by Crippen LogP contribution is -2.54. The van der Waals surface area contributed by atoms with Gasteiger partial charge in [0.15, 0.2) is 0 Å². The van der Waals surface area contributed by atoms with Crippen LogP contribution in [0.25, 0.3) is 0 Å². The molecule has 0 aromatic rings. The molecule has 1 saturated carbocycles. The molecule has 0 bridgehead atoms. The molecule has 0 radical (unpaired) electrons. The fraction of sp³-hybridized carbons (Fsp3) is 0.882. The Bertz CT molecular complexity index is 426. The molecule has 0 unspecified atom stereocenters. The maximum atomic E-state index is 12.4. The molecule has 24 heavy (non-hydrogen) atoms. The summed E-state index contributed by atoms with van der Waals surface area (Å²) in [6.07, 6.45) is 4.70. The van der Waals surface area contributed by atoms with E-state index in [1.807, 2.05) is 4.90 Å². The van der Waals surface area contributed by atoms with Crippen LogP contribution in [0.1, 0.15) is 25.7 Å². The Morgan fingerprint density at radius 2 is 1.50 bits per heavy atom. The first kappa shape index (κ1) is 17.6. The van der Waals surface area contributed by atoms with Crippen molar-refractivity contribution in [1.29, 1.82) is 0 Å². The maximum absolute atomic E-state index is 12.4. The molecule has 3 aliphatic rings. The summed E-state index contributed by atoms with van der Waals surface area (Å²) in [5, 5.41) is 3.13. The Morgan fingerprint density at radius 3 is 2.17 bits per heavy atom. The van der Waals surface area contributed by atoms with Crippen molar-refractivity contribution in [3.63, 3.8) is 0 Å². The van der Waals surface area contributed by atoms with Crippen molar-refractivity contribution in [2.24, 2.45) is 0 Å². The van der Waals surface area contributed by atoms with Crippen molar-refractivity contribution in [1.82, 2.24) is 20.0 Å². The van der Waals surface area contributed by atoms with Crippen LogP contribution in [0.15, 0.2) is 0 Å². The lowest BCUT2D eigenvalue weighted by Gasteiger charge is -2.36. The number of hydrogen-bond donors (Lipinski definition) is 1. The Labute approximate surface area is 144 Å². The van der Waals surface area contributed by atoms with E-state index in [4.69, 9.17) is 4.74 Å². The molecule has 1 aliphatic carbocycles. The summed E-state index contributed by atoms with van der Waals surface area (Å²) >= 11 is 0. The normalized spacial score (nSPS) is 24.2. The van der Waals surface area contributed by atoms with E-state index in [0.29, 0.717) is 19.1 Å². The minimum Gasteiger partial charge on any atom is -0.379 e. The van der Waals surface area contributed by atoms with E-state index in [0.717, 1.165) is 65.3 Å². The average molecular weight is 338 g/mol. The van der Waals surface area contributed by atoms with Crippen molar-refractivity contribution in [3.05, 3.63) is 0 Å². The summed E-state index contributed by atoms with van der Waals surface area (Å²) in [5.74, 6) is 0.335. The molecule has 3 rings (SSSR count). The Hall–Kier alpha value is -1.18. The van der Waals surface area contributed by atoms with E-state index >= 15 is 0 Å². The van der Waals surface area contributed by atoms with Crippen LogP contribution in [0.2, 0.25) is 0 Å². The van der Waals surface area contributed by atoms with E-state index in [9.17, 15) is 9.59 Å². The number of morpholine rings is 1. The molecule has 2 aliphatic heterocycles. The van der Waals surface area contributed by atoms with Crippen LogP contribution in [-0.2, 0) is 14.3 Å². The SMILES string of the molecule is O=C(CN1CCN(C(=O)CN2CCOCC2)CC1)NC1CCCC1. The van der Waals surface area contributed by atoms with Crippen LogP contribution < -0.4 is 5.32 Å². The average Bonchev–Trinajstić information content (AvgIpc) is 3.09. The van der Waals surface area contributed by atoms with Gasteiger partial charge in [-0.3, -0.25) is 19.4 Å². The highest BCUT2D eigenvalue weighted by Gasteiger charge is 2.25. The summed E-state index contributed by atoms with van der Waals surface area (Å²) in [4.78, 5) is 30.7. The monoisotopic (exact) mass is 338 g/mol. The van der Waals surface area contributed by atoms with Crippen LogP contribution >= 0.6 is 0 Å². The fourth-order valence-electron chi connectivity index (χ4n) is 3.75. The zero-order valence-corrected chi connectivity index (χ0v) is 14.5. The molecule has 2 saturated heterocycles. The van der Waals surface area contributed by atoms with Gasteiger partial charge < -0.3 is 15.0 Å². The molecule has 2 amide bonds. The van der Waals surface area contributed by atoms with E-state index in [1.165, 1.54) is 12.8 Å². The predicted octanol–water partition coefficient (Wildman–Crippen LogP) is -0.478. The zero-order chi connectivity index (χ0) is 16.8. The van der Waals surface area contributed by atoms with Gasteiger partial charge >= 0.3 is 0 Å². The first-order chi connectivity index (χ1) is 11.7. The maximum Gasteiger partial charge on any atom is 0.236 e. The Balaban J connectivity index is 1.34. The van der Waals surface area contributed by atoms with Crippen molar-refractivity contribution >= 4 is 11.8 Å². The van der Waals surface area contributed by atoms with Crippen molar-refractivity contribution in [2.75, 3.05) is 65.6 Å². The van der Waals surface area contributed by atoms with Gasteiger partial charge in [-0.15, -0.1) is 0 Å². The van der Waals surface area contributed by atoms with Crippen LogP contribution in [0.3, 0.4) is 0 Å². The number of ether oxygens (including phenoxy) is 1. The number of hydrogen-bond acceptors (Lipinski definition) is 5. The number of carbonyl (C=O) groups excluding carboxylic acids is 2. The fourth-order valence-corrected chi connectivity index (χ4v) is 3.75. The van der Waals surface area contributed by atoms with E-state index in [1.54, 1.807) is 0 Å². The molecule has 3 fully saturated rings. The molecule has 0 aromatic carbocycles. The number of nitrogens with one attached hydrogen (secondary N) is 1. The minimum atomic E-state index is 0.134. The van der Waals surface area contributed by atoms with E-state index in [-0.39, 0.29) is 11.8 Å². The molecular weight excluding hydrogens is 308 g/mol. The zero-order valence-electron chi connectivity index (χ0n) is 14.5. The van der Waals surface area contributed by atoms with E-state index < -0.39 is 0 Å². The van der Waals surface area contributed by atoms with Crippen LogP contribution in [0.5, 0.6) is 0 Å². The molecule has 136 valence electrons. The van der Waals surface area contributed by atoms with Crippen LogP contribution in [0, 0.1) is 0 Å². The highest BCUT2D eigenvalue weighted by atomic mass is 16.5. The summed E-state index contributed by atoms with van der Waals surface area (Å²) in [6, 6.07) is 0.383. The highest BCUT2D eigenvalue weighted by Crippen LogP contribution is 2.17. The quantitative estimate of drug-likeness (QED) is 0.734. The first-order valence-corrected chi connectivity index (χ1v) is 9.30. The second kappa shape index (κ2) is 8.78. The largest absolute Gasteiger partial charge is 0.379 e. The van der Waals surface area contributed by atoms with Gasteiger partial charge in [0, 0.05) is 45.3 Å². The summed E-state index contributed by atoms with van der Waals surface area (Å²) in [7, 11) is 0. The molecule has 0 aromatic heterocycles. The van der Waals surface area contributed by atoms with Gasteiger partial charge in [-0.1, -0.05) is 12.8 Å². The molecule has 1 N–H and O–H groups in total. The predicted molar refractivity (Wildman–Crippen MR) is 90.7 cm³/mol. The van der Waals surface area contributed by atoms with Crippen LogP contribution in [0.4, 0.5) is 0 Å². The number of nitrogens with zero attached hydrogens (tertiary/aromatic N) is 3. The highest BCUT2D eigenvalue weighted by molar-refractivity contribution is 5.79. The van der Waals surface area contributed by atoms with Gasteiger partial charge in [0.25, 0.3) is 0 Å². The number of piperazine rings is 1. The minimum absolute atomic E-state index is 0.134. The van der Waals surface area contributed by atoms with E-state index in [2.05, 4.69) is 15.1 Å². The lowest BCUT2D eigenvalue weighted by atomic mass is 10.2. The summed E-state index contributed by atoms with van der Waals surface area (Å²) < 4.78 is 5.31. The van der Waals surface area contributed by atoms with Crippen molar-refractivity contribution in [2.45, 2.75) is 31.7 Å². The van der Waals surface area contributed by atoms with Crippen molar-refractivity contribution < 1.29 is 14.3 Å². The van der Waals surface area contributed by atoms with Gasteiger partial charge in [0.1, 0.15) is 0 Å². The molecule has 0 spiro atoms. The van der Waals surface area contributed by atoms with Crippen molar-refractivity contribution in [3.8, 4) is 0 Å². The smallest absolute Gasteiger partial charge is 0.236 e. The number of amides is 2. The second-order valence-corrected chi connectivity index (χ2v) is 7.09. The standard InChI is InChI=1S/C17H30N4O3/c22-16(18-15-3-1-2-4-15)13-19-5-7-21(8-6-19)17(23)14-20-9-11-24-12-10-20/h15H,1-14H2,(H,18,22). The number of rotatable bonds is 5. The van der Waals surface area contributed by atoms with Gasteiger partial charge in [-0.05, 0) is 12.8 Å².